The molecule has 1 aliphatic carbocycles. The van der Waals surface area contributed by atoms with Crippen LogP contribution in [-0.2, 0) is 6.42 Å². The van der Waals surface area contributed by atoms with Crippen LogP contribution in [0.15, 0.2) is 54.6 Å². The molecule has 0 amide bonds. The Morgan fingerprint density at radius 3 is 2.38 bits per heavy atom. The smallest absolute Gasteiger partial charge is 0.0689 e. The van der Waals surface area contributed by atoms with Gasteiger partial charge in [-0.05, 0) is 23.1 Å². The highest BCUT2D eigenvalue weighted by atomic mass is 16.3. The summed E-state index contributed by atoms with van der Waals surface area (Å²) in [4.78, 5) is 0. The minimum absolute atomic E-state index is 0.150. The van der Waals surface area contributed by atoms with Crippen molar-refractivity contribution in [3.63, 3.8) is 0 Å². The molecule has 80 valence electrons. The van der Waals surface area contributed by atoms with E-state index in [-0.39, 0.29) is 12.0 Å². The van der Waals surface area contributed by atoms with Crippen LogP contribution in [0.2, 0.25) is 0 Å². The third kappa shape index (κ3) is 1.44. The van der Waals surface area contributed by atoms with Gasteiger partial charge in [0.25, 0.3) is 0 Å². The molecule has 16 heavy (non-hydrogen) atoms. The molecule has 1 N–H and O–H groups in total. The maximum atomic E-state index is 10.2. The number of fused-ring (bicyclic) bond motifs is 1. The number of benzene rings is 2. The summed E-state index contributed by atoms with van der Waals surface area (Å²) in [6.07, 6.45) is 0.496. The van der Waals surface area contributed by atoms with Gasteiger partial charge in [-0.2, -0.15) is 0 Å². The summed E-state index contributed by atoms with van der Waals surface area (Å²) in [5.74, 6) is 0.150. The van der Waals surface area contributed by atoms with E-state index in [1.807, 2.05) is 30.3 Å². The molecular weight excluding hydrogens is 196 g/mol. The van der Waals surface area contributed by atoms with Crippen molar-refractivity contribution >= 4 is 0 Å². The third-order valence-electron chi connectivity index (χ3n) is 3.36. The number of hydrogen-bond donors (Lipinski definition) is 1. The van der Waals surface area contributed by atoms with Gasteiger partial charge < -0.3 is 5.11 Å². The van der Waals surface area contributed by atoms with Crippen LogP contribution in [0.25, 0.3) is 0 Å². The molecular formula is C15H14O. The predicted molar refractivity (Wildman–Crippen MR) is 64.4 cm³/mol. The van der Waals surface area contributed by atoms with Crippen molar-refractivity contribution in [2.24, 2.45) is 0 Å². The van der Waals surface area contributed by atoms with Crippen LogP contribution in [0, 0.1) is 0 Å². The van der Waals surface area contributed by atoms with Crippen molar-refractivity contribution in [3.05, 3.63) is 71.3 Å². The maximum absolute atomic E-state index is 10.2. The zero-order valence-electron chi connectivity index (χ0n) is 9.01. The molecule has 0 radical (unpaired) electrons. The molecule has 0 saturated carbocycles. The molecule has 2 unspecified atom stereocenters. The van der Waals surface area contributed by atoms with Crippen LogP contribution < -0.4 is 0 Å². The van der Waals surface area contributed by atoms with Crippen molar-refractivity contribution in [2.75, 3.05) is 0 Å². The molecule has 0 bridgehead atoms. The standard InChI is InChI=1S/C15H14O/c16-14-10-12-8-4-5-9-13(12)15(14)11-6-2-1-3-7-11/h1-9,14-16H,10H2. The Hall–Kier alpha value is -1.60. The van der Waals surface area contributed by atoms with Gasteiger partial charge in [0.2, 0.25) is 0 Å². The first-order valence-electron chi connectivity index (χ1n) is 5.67. The topological polar surface area (TPSA) is 20.2 Å². The predicted octanol–water partition coefficient (Wildman–Crippen LogP) is 2.74. The SMILES string of the molecule is OC1Cc2ccccc2C1c1ccccc1. The van der Waals surface area contributed by atoms with E-state index in [2.05, 4.69) is 24.3 Å². The van der Waals surface area contributed by atoms with Gasteiger partial charge in [0.15, 0.2) is 0 Å². The Labute approximate surface area is 95.4 Å². The molecule has 1 heteroatoms. The molecule has 2 atom stereocenters. The van der Waals surface area contributed by atoms with Gasteiger partial charge in [0.1, 0.15) is 0 Å². The van der Waals surface area contributed by atoms with Gasteiger partial charge in [-0.3, -0.25) is 0 Å². The van der Waals surface area contributed by atoms with E-state index in [4.69, 9.17) is 0 Å². The molecule has 0 aliphatic heterocycles. The van der Waals surface area contributed by atoms with Gasteiger partial charge >= 0.3 is 0 Å². The van der Waals surface area contributed by atoms with Crippen LogP contribution in [0.5, 0.6) is 0 Å². The van der Waals surface area contributed by atoms with E-state index in [9.17, 15) is 5.11 Å². The summed E-state index contributed by atoms with van der Waals surface area (Å²) in [6.45, 7) is 0. The fourth-order valence-electron chi connectivity index (χ4n) is 2.64. The van der Waals surface area contributed by atoms with E-state index in [1.54, 1.807) is 0 Å². The molecule has 2 aromatic rings. The van der Waals surface area contributed by atoms with Gasteiger partial charge in [-0.25, -0.2) is 0 Å². The summed E-state index contributed by atoms with van der Waals surface area (Å²) < 4.78 is 0. The monoisotopic (exact) mass is 210 g/mol. The maximum Gasteiger partial charge on any atom is 0.0689 e. The first-order valence-corrected chi connectivity index (χ1v) is 5.67. The molecule has 1 nitrogen and oxygen atoms in total. The Morgan fingerprint density at radius 1 is 0.875 bits per heavy atom. The average molecular weight is 210 g/mol. The number of rotatable bonds is 1. The highest BCUT2D eigenvalue weighted by Gasteiger charge is 2.31. The molecule has 0 heterocycles. The summed E-state index contributed by atoms with van der Waals surface area (Å²) in [5.41, 5.74) is 3.77. The fourth-order valence-corrected chi connectivity index (χ4v) is 2.64. The largest absolute Gasteiger partial charge is 0.392 e. The summed E-state index contributed by atoms with van der Waals surface area (Å²) in [7, 11) is 0. The Kier molecular flexibility index (Phi) is 2.26. The van der Waals surface area contributed by atoms with E-state index >= 15 is 0 Å². The summed E-state index contributed by atoms with van der Waals surface area (Å²) in [5, 5.41) is 10.2. The molecule has 2 aromatic carbocycles. The second-order valence-electron chi connectivity index (χ2n) is 4.36. The van der Waals surface area contributed by atoms with Crippen molar-refractivity contribution < 1.29 is 5.11 Å². The van der Waals surface area contributed by atoms with Crippen LogP contribution in [0.4, 0.5) is 0 Å². The highest BCUT2D eigenvalue weighted by molar-refractivity contribution is 5.43. The van der Waals surface area contributed by atoms with E-state index in [1.165, 1.54) is 16.7 Å². The summed E-state index contributed by atoms with van der Waals surface area (Å²) >= 11 is 0. The van der Waals surface area contributed by atoms with Crippen LogP contribution in [-0.4, -0.2) is 11.2 Å². The Bertz CT molecular complexity index is 490. The molecule has 1 aliphatic rings. The molecule has 0 fully saturated rings. The third-order valence-corrected chi connectivity index (χ3v) is 3.36. The van der Waals surface area contributed by atoms with Crippen LogP contribution in [0.1, 0.15) is 22.6 Å². The van der Waals surface area contributed by atoms with Crippen molar-refractivity contribution in [1.82, 2.24) is 0 Å². The highest BCUT2D eigenvalue weighted by Crippen LogP contribution is 2.37. The molecule has 3 rings (SSSR count). The first-order chi connectivity index (χ1) is 7.86. The van der Waals surface area contributed by atoms with Crippen molar-refractivity contribution in [1.29, 1.82) is 0 Å². The molecule has 0 spiro atoms. The van der Waals surface area contributed by atoms with E-state index in [0.717, 1.165) is 6.42 Å². The second-order valence-corrected chi connectivity index (χ2v) is 4.36. The number of aliphatic hydroxyl groups excluding tert-OH is 1. The quantitative estimate of drug-likeness (QED) is 0.767. The van der Waals surface area contributed by atoms with Crippen molar-refractivity contribution in [3.8, 4) is 0 Å². The molecule has 0 aromatic heterocycles. The van der Waals surface area contributed by atoms with E-state index < -0.39 is 0 Å². The van der Waals surface area contributed by atoms with Crippen molar-refractivity contribution in [2.45, 2.75) is 18.4 Å². The number of aliphatic hydroxyl groups is 1. The van der Waals surface area contributed by atoms with E-state index in [0.29, 0.717) is 0 Å². The lowest BCUT2D eigenvalue weighted by Crippen LogP contribution is -2.14. The Morgan fingerprint density at radius 2 is 1.56 bits per heavy atom. The first kappa shape index (κ1) is 9.61. The lowest BCUT2D eigenvalue weighted by atomic mass is 9.92. The zero-order valence-corrected chi connectivity index (χ0v) is 9.01. The second kappa shape index (κ2) is 3.76. The van der Waals surface area contributed by atoms with Gasteiger partial charge in [-0.15, -0.1) is 0 Å². The van der Waals surface area contributed by atoms with Gasteiger partial charge in [0.05, 0.1) is 6.10 Å². The van der Waals surface area contributed by atoms with Gasteiger partial charge in [0, 0.05) is 5.92 Å². The molecule has 0 saturated heterocycles. The lowest BCUT2D eigenvalue weighted by molar-refractivity contribution is 0.169. The minimum atomic E-state index is -0.278. The average Bonchev–Trinajstić information content (AvgIpc) is 2.66. The lowest BCUT2D eigenvalue weighted by Gasteiger charge is -2.16. The van der Waals surface area contributed by atoms with Crippen LogP contribution >= 0.6 is 0 Å². The normalized spacial score (nSPS) is 23.1. The van der Waals surface area contributed by atoms with Gasteiger partial charge in [-0.1, -0.05) is 54.6 Å². The minimum Gasteiger partial charge on any atom is -0.392 e. The zero-order chi connectivity index (χ0) is 11.0. The van der Waals surface area contributed by atoms with Crippen LogP contribution in [0.3, 0.4) is 0 Å². The summed E-state index contributed by atoms with van der Waals surface area (Å²) in [6, 6.07) is 18.6. The number of hydrogen-bond acceptors (Lipinski definition) is 1. The Balaban J connectivity index is 2.09. The fraction of sp³-hybridized carbons (Fsp3) is 0.200.